The quantitative estimate of drug-likeness (QED) is 0.191. The number of carbonyl (C=O) groups is 2. The van der Waals surface area contributed by atoms with E-state index in [2.05, 4.69) is 30.6 Å². The lowest BCUT2D eigenvalue weighted by Gasteiger charge is -2.29. The van der Waals surface area contributed by atoms with Gasteiger partial charge in [-0.3, -0.25) is 19.6 Å². The SMILES string of the molecule is O=C([C@@H]1Cc2cc(Cl)cc(-c3ccnc4cc[nH]c34)c2O1)N1CCNCC1.O=C([C@H]1Cc2cc(Cl)cc(-c3ccnc4cc[nH]c34)c2O1)N1CCNCC1. The summed E-state index contributed by atoms with van der Waals surface area (Å²) in [6, 6.07) is 15.3. The first kappa shape index (κ1) is 34.6. The van der Waals surface area contributed by atoms with Gasteiger partial charge in [-0.2, -0.15) is 0 Å². The molecule has 2 saturated heterocycles. The summed E-state index contributed by atoms with van der Waals surface area (Å²) in [4.78, 5) is 44.8. The number of hydrogen-bond acceptors (Lipinski definition) is 8. The maximum atomic E-state index is 12.9. The highest BCUT2D eigenvalue weighted by molar-refractivity contribution is 6.31. The van der Waals surface area contributed by atoms with E-state index in [9.17, 15) is 9.59 Å². The highest BCUT2D eigenvalue weighted by Gasteiger charge is 2.36. The molecule has 4 aliphatic heterocycles. The summed E-state index contributed by atoms with van der Waals surface area (Å²) in [6.45, 7) is 6.17. The molecule has 0 bridgehead atoms. The fourth-order valence-corrected chi connectivity index (χ4v) is 8.35. The van der Waals surface area contributed by atoms with Crippen LogP contribution in [-0.4, -0.2) is 106 Å². The molecule has 2 fully saturated rings. The minimum absolute atomic E-state index is 0.0505. The molecule has 10 rings (SSSR count). The van der Waals surface area contributed by atoms with E-state index in [-0.39, 0.29) is 11.8 Å². The summed E-state index contributed by atoms with van der Waals surface area (Å²) in [7, 11) is 0. The van der Waals surface area contributed by atoms with Crippen molar-refractivity contribution in [2.45, 2.75) is 25.0 Å². The molecule has 12 nitrogen and oxygen atoms in total. The molecular formula is C40H38Cl2N8O4. The Bertz CT molecular complexity index is 2220. The summed E-state index contributed by atoms with van der Waals surface area (Å²) in [6.07, 6.45) is 7.39. The molecule has 54 heavy (non-hydrogen) atoms. The number of carbonyl (C=O) groups excluding carboxylic acids is 2. The second-order valence-electron chi connectivity index (χ2n) is 13.8. The van der Waals surface area contributed by atoms with Crippen LogP contribution in [0.3, 0.4) is 0 Å². The van der Waals surface area contributed by atoms with Crippen molar-refractivity contribution in [1.29, 1.82) is 0 Å². The number of piperazine rings is 2. The molecule has 276 valence electrons. The molecule has 4 aliphatic rings. The lowest BCUT2D eigenvalue weighted by atomic mass is 10.00. The van der Waals surface area contributed by atoms with Gasteiger partial charge in [0.1, 0.15) is 11.5 Å². The van der Waals surface area contributed by atoms with E-state index in [1.54, 1.807) is 12.4 Å². The molecular weight excluding hydrogens is 727 g/mol. The molecule has 0 unspecified atom stereocenters. The van der Waals surface area contributed by atoms with E-state index in [1.165, 1.54) is 0 Å². The van der Waals surface area contributed by atoms with Crippen LogP contribution in [0.1, 0.15) is 11.1 Å². The smallest absolute Gasteiger partial charge is 0.264 e. The fraction of sp³-hybridized carbons (Fsp3) is 0.300. The van der Waals surface area contributed by atoms with Gasteiger partial charge in [0.25, 0.3) is 11.8 Å². The van der Waals surface area contributed by atoms with Crippen LogP contribution in [0.25, 0.3) is 44.3 Å². The molecule has 0 radical (unpaired) electrons. The Morgan fingerprint density at radius 3 is 1.46 bits per heavy atom. The van der Waals surface area contributed by atoms with Crippen molar-refractivity contribution in [3.05, 3.63) is 94.5 Å². The number of ether oxygens (including phenoxy) is 2. The van der Waals surface area contributed by atoms with Gasteiger partial charge in [0, 0.05) is 133 Å². The van der Waals surface area contributed by atoms with E-state index in [1.807, 2.05) is 70.7 Å². The third kappa shape index (κ3) is 6.53. The Balaban J connectivity index is 0.000000142. The second kappa shape index (κ2) is 14.6. The van der Waals surface area contributed by atoms with Crippen molar-refractivity contribution >= 4 is 57.1 Å². The Hall–Kier alpha value is -5.14. The number of hydrogen-bond donors (Lipinski definition) is 4. The average molecular weight is 766 g/mol. The van der Waals surface area contributed by atoms with Gasteiger partial charge in [-0.05, 0) is 48.5 Å². The van der Waals surface area contributed by atoms with E-state index < -0.39 is 12.2 Å². The van der Waals surface area contributed by atoms with Crippen molar-refractivity contribution in [3.63, 3.8) is 0 Å². The molecule has 8 heterocycles. The summed E-state index contributed by atoms with van der Waals surface area (Å²) < 4.78 is 12.4. The lowest BCUT2D eigenvalue weighted by Crippen LogP contribution is -2.50. The van der Waals surface area contributed by atoms with Gasteiger partial charge < -0.3 is 39.9 Å². The van der Waals surface area contributed by atoms with Crippen LogP contribution in [0, 0.1) is 0 Å². The Labute approximate surface area is 321 Å². The van der Waals surface area contributed by atoms with Gasteiger partial charge in [-0.1, -0.05) is 23.2 Å². The van der Waals surface area contributed by atoms with Gasteiger partial charge in [0.15, 0.2) is 12.2 Å². The number of fused-ring (bicyclic) bond motifs is 4. The highest BCUT2D eigenvalue weighted by Crippen LogP contribution is 2.44. The largest absolute Gasteiger partial charge is 0.479 e. The number of aromatic amines is 2. The van der Waals surface area contributed by atoms with Crippen molar-refractivity contribution in [1.82, 2.24) is 40.4 Å². The molecule has 2 aromatic carbocycles. The summed E-state index contributed by atoms with van der Waals surface area (Å²) >= 11 is 12.8. The number of rotatable bonds is 4. The molecule has 4 N–H and O–H groups in total. The molecule has 2 amide bonds. The third-order valence-electron chi connectivity index (χ3n) is 10.5. The first-order chi connectivity index (χ1) is 26.4. The number of aromatic nitrogens is 4. The van der Waals surface area contributed by atoms with Crippen LogP contribution in [0.4, 0.5) is 0 Å². The van der Waals surface area contributed by atoms with E-state index >= 15 is 0 Å². The van der Waals surface area contributed by atoms with Crippen molar-refractivity contribution in [2.24, 2.45) is 0 Å². The number of amides is 2. The van der Waals surface area contributed by atoms with Gasteiger partial charge in [-0.25, -0.2) is 0 Å². The highest BCUT2D eigenvalue weighted by atomic mass is 35.5. The number of benzene rings is 2. The number of nitrogens with zero attached hydrogens (tertiary/aromatic N) is 4. The fourth-order valence-electron chi connectivity index (χ4n) is 7.87. The normalized spacial score (nSPS) is 19.1. The van der Waals surface area contributed by atoms with E-state index in [4.69, 9.17) is 32.7 Å². The number of halogens is 2. The van der Waals surface area contributed by atoms with Crippen LogP contribution in [0.5, 0.6) is 11.5 Å². The molecule has 2 atom stereocenters. The second-order valence-corrected chi connectivity index (χ2v) is 14.7. The Morgan fingerprint density at radius 2 is 1.04 bits per heavy atom. The van der Waals surface area contributed by atoms with Crippen molar-refractivity contribution in [2.75, 3.05) is 52.4 Å². The number of H-pyrrole nitrogens is 2. The van der Waals surface area contributed by atoms with Crippen LogP contribution < -0.4 is 20.1 Å². The lowest BCUT2D eigenvalue weighted by molar-refractivity contribution is -0.139. The first-order valence-electron chi connectivity index (χ1n) is 18.2. The standard InChI is InChI=1S/2C20H19ClN4O2/c2*21-13-9-12-10-17(20(26)25-7-5-22-6-8-25)27-19(12)15(11-13)14-1-3-23-16-2-4-24-18(14)16/h2*1-4,9,11,17,22,24H,5-8,10H2/t2*17-/m10/s1. The zero-order valence-corrected chi connectivity index (χ0v) is 30.8. The summed E-state index contributed by atoms with van der Waals surface area (Å²) in [5.41, 5.74) is 9.30. The van der Waals surface area contributed by atoms with Crippen LogP contribution in [-0.2, 0) is 22.4 Å². The Kier molecular flexibility index (Phi) is 9.36. The van der Waals surface area contributed by atoms with E-state index in [0.29, 0.717) is 22.9 Å². The first-order valence-corrected chi connectivity index (χ1v) is 19.0. The minimum Gasteiger partial charge on any atom is -0.479 e. The molecule has 14 heteroatoms. The van der Waals surface area contributed by atoms with Gasteiger partial charge >= 0.3 is 0 Å². The monoisotopic (exact) mass is 764 g/mol. The van der Waals surface area contributed by atoms with Crippen LogP contribution >= 0.6 is 23.2 Å². The molecule has 0 spiro atoms. The van der Waals surface area contributed by atoms with Gasteiger partial charge in [0.2, 0.25) is 0 Å². The molecule has 0 saturated carbocycles. The summed E-state index contributed by atoms with van der Waals surface area (Å²) in [5, 5.41) is 7.81. The Morgan fingerprint density at radius 1 is 0.611 bits per heavy atom. The minimum atomic E-state index is -0.490. The maximum Gasteiger partial charge on any atom is 0.264 e. The van der Waals surface area contributed by atoms with Crippen molar-refractivity contribution in [3.8, 4) is 33.8 Å². The maximum absolute atomic E-state index is 12.9. The third-order valence-corrected chi connectivity index (χ3v) is 10.9. The molecule has 4 aromatic heterocycles. The van der Waals surface area contributed by atoms with Crippen LogP contribution in [0.15, 0.2) is 73.3 Å². The van der Waals surface area contributed by atoms with E-state index in [0.717, 1.165) is 119 Å². The van der Waals surface area contributed by atoms with Crippen molar-refractivity contribution < 1.29 is 19.1 Å². The zero-order valence-electron chi connectivity index (χ0n) is 29.3. The number of nitrogens with one attached hydrogen (secondary N) is 4. The predicted molar refractivity (Wildman–Crippen MR) is 208 cm³/mol. The average Bonchev–Trinajstić information content (AvgIpc) is 4.03. The summed E-state index contributed by atoms with van der Waals surface area (Å²) in [5.74, 6) is 1.59. The van der Waals surface area contributed by atoms with Gasteiger partial charge in [0.05, 0.1) is 22.1 Å². The van der Waals surface area contributed by atoms with Gasteiger partial charge in [-0.15, -0.1) is 0 Å². The number of pyridine rings is 2. The molecule has 0 aliphatic carbocycles. The van der Waals surface area contributed by atoms with Crippen LogP contribution in [0.2, 0.25) is 10.0 Å². The molecule has 6 aromatic rings. The topological polar surface area (TPSA) is 140 Å². The zero-order chi connectivity index (χ0) is 36.8. The predicted octanol–water partition coefficient (Wildman–Crippen LogP) is 5.24.